The molecule has 2 N–H and O–H groups in total. The first-order valence-electron chi connectivity index (χ1n) is 6.00. The number of halogens is 2. The van der Waals surface area contributed by atoms with Gasteiger partial charge in [0.1, 0.15) is 11.6 Å². The Morgan fingerprint density at radius 1 is 1.39 bits per heavy atom. The number of nitrogens with zero attached hydrogens (tertiary/aromatic N) is 1. The summed E-state index contributed by atoms with van der Waals surface area (Å²) in [6.45, 7) is 4.67. The van der Waals surface area contributed by atoms with Crippen molar-refractivity contribution in [2.45, 2.75) is 13.0 Å². The maximum absolute atomic E-state index is 13.5. The van der Waals surface area contributed by atoms with Crippen molar-refractivity contribution in [3.8, 4) is 0 Å². The van der Waals surface area contributed by atoms with E-state index in [1.54, 1.807) is 7.11 Å². The van der Waals surface area contributed by atoms with E-state index in [-0.39, 0.29) is 0 Å². The lowest BCUT2D eigenvalue weighted by Crippen LogP contribution is -2.34. The standard InChI is InChI=1S/C13H20F2N2O/c1-3-17(6-7-18-2)9-13(16)11-5-4-10(14)8-12(11)15/h4-5,8,13H,3,6-7,9,16H2,1-2H3. The van der Waals surface area contributed by atoms with Crippen LogP contribution in [0.15, 0.2) is 18.2 Å². The fraction of sp³-hybridized carbons (Fsp3) is 0.538. The van der Waals surface area contributed by atoms with Gasteiger partial charge in [0.2, 0.25) is 0 Å². The van der Waals surface area contributed by atoms with Gasteiger partial charge >= 0.3 is 0 Å². The topological polar surface area (TPSA) is 38.5 Å². The van der Waals surface area contributed by atoms with E-state index in [0.29, 0.717) is 18.7 Å². The Balaban J connectivity index is 2.65. The molecule has 1 aromatic rings. The molecule has 1 unspecified atom stereocenters. The van der Waals surface area contributed by atoms with Crippen LogP contribution in [0.2, 0.25) is 0 Å². The van der Waals surface area contributed by atoms with Gasteiger partial charge < -0.3 is 10.5 Å². The van der Waals surface area contributed by atoms with E-state index in [0.717, 1.165) is 19.2 Å². The minimum absolute atomic E-state index is 0.340. The first kappa shape index (κ1) is 15.0. The summed E-state index contributed by atoms with van der Waals surface area (Å²) in [5.74, 6) is -1.18. The molecule has 0 amide bonds. The van der Waals surface area contributed by atoms with Crippen LogP contribution < -0.4 is 5.73 Å². The Morgan fingerprint density at radius 3 is 2.67 bits per heavy atom. The first-order chi connectivity index (χ1) is 8.58. The monoisotopic (exact) mass is 258 g/mol. The van der Waals surface area contributed by atoms with Crippen molar-refractivity contribution in [3.05, 3.63) is 35.4 Å². The molecular weight excluding hydrogens is 238 g/mol. The lowest BCUT2D eigenvalue weighted by molar-refractivity contribution is 0.147. The van der Waals surface area contributed by atoms with Gasteiger partial charge in [-0.1, -0.05) is 13.0 Å². The van der Waals surface area contributed by atoms with Gasteiger partial charge in [0.25, 0.3) is 0 Å². The molecular formula is C13H20F2N2O. The fourth-order valence-electron chi connectivity index (χ4n) is 1.78. The molecule has 0 saturated heterocycles. The van der Waals surface area contributed by atoms with Crippen molar-refractivity contribution in [2.24, 2.45) is 5.73 Å². The highest BCUT2D eigenvalue weighted by molar-refractivity contribution is 5.22. The van der Waals surface area contributed by atoms with Gasteiger partial charge in [0.15, 0.2) is 0 Å². The first-order valence-corrected chi connectivity index (χ1v) is 6.00. The molecule has 18 heavy (non-hydrogen) atoms. The van der Waals surface area contributed by atoms with Crippen LogP contribution in [0.4, 0.5) is 8.78 Å². The van der Waals surface area contributed by atoms with Gasteiger partial charge in [-0.05, 0) is 12.6 Å². The van der Waals surface area contributed by atoms with E-state index in [2.05, 4.69) is 4.90 Å². The zero-order valence-electron chi connectivity index (χ0n) is 10.8. The summed E-state index contributed by atoms with van der Waals surface area (Å²) in [5, 5.41) is 0. The average molecular weight is 258 g/mol. The minimum Gasteiger partial charge on any atom is -0.383 e. The van der Waals surface area contributed by atoms with Crippen molar-refractivity contribution in [2.75, 3.05) is 33.4 Å². The number of methoxy groups -OCH3 is 1. The molecule has 0 aliphatic rings. The van der Waals surface area contributed by atoms with Gasteiger partial charge in [-0.3, -0.25) is 4.90 Å². The molecule has 1 aromatic carbocycles. The van der Waals surface area contributed by atoms with Gasteiger partial charge in [0.05, 0.1) is 6.61 Å². The van der Waals surface area contributed by atoms with Crippen LogP contribution in [0.5, 0.6) is 0 Å². The molecule has 1 atom stereocenters. The van der Waals surface area contributed by atoms with Crippen LogP contribution >= 0.6 is 0 Å². The Morgan fingerprint density at radius 2 is 2.11 bits per heavy atom. The predicted octanol–water partition coefficient (Wildman–Crippen LogP) is 1.93. The molecule has 0 aliphatic heterocycles. The van der Waals surface area contributed by atoms with E-state index in [9.17, 15) is 8.78 Å². The molecule has 0 spiro atoms. The van der Waals surface area contributed by atoms with Crippen LogP contribution in [-0.2, 0) is 4.74 Å². The molecule has 0 fully saturated rings. The van der Waals surface area contributed by atoms with Gasteiger partial charge in [-0.2, -0.15) is 0 Å². The van der Waals surface area contributed by atoms with Gasteiger partial charge in [0, 0.05) is 37.9 Å². The zero-order chi connectivity index (χ0) is 13.5. The van der Waals surface area contributed by atoms with E-state index < -0.39 is 17.7 Å². The third kappa shape index (κ3) is 4.33. The number of rotatable bonds is 7. The average Bonchev–Trinajstić information content (AvgIpc) is 2.34. The van der Waals surface area contributed by atoms with Crippen LogP contribution in [0.25, 0.3) is 0 Å². The van der Waals surface area contributed by atoms with E-state index in [4.69, 9.17) is 10.5 Å². The summed E-state index contributed by atoms with van der Waals surface area (Å²) in [4.78, 5) is 2.07. The molecule has 0 aromatic heterocycles. The van der Waals surface area contributed by atoms with E-state index in [1.165, 1.54) is 12.1 Å². The maximum atomic E-state index is 13.5. The van der Waals surface area contributed by atoms with Crippen LogP contribution in [-0.4, -0.2) is 38.3 Å². The second-order valence-corrected chi connectivity index (χ2v) is 4.16. The summed E-state index contributed by atoms with van der Waals surface area (Å²) in [5.41, 5.74) is 6.29. The lowest BCUT2D eigenvalue weighted by Gasteiger charge is -2.24. The van der Waals surface area contributed by atoms with Crippen molar-refractivity contribution in [3.63, 3.8) is 0 Å². The number of nitrogens with two attached hydrogens (primary N) is 1. The molecule has 0 radical (unpaired) electrons. The quantitative estimate of drug-likeness (QED) is 0.812. The highest BCUT2D eigenvalue weighted by Crippen LogP contribution is 2.17. The summed E-state index contributed by atoms with van der Waals surface area (Å²) in [6.07, 6.45) is 0. The normalized spacial score (nSPS) is 13.0. The highest BCUT2D eigenvalue weighted by Gasteiger charge is 2.15. The molecule has 1 rings (SSSR count). The predicted molar refractivity (Wildman–Crippen MR) is 67.3 cm³/mol. The Hall–Kier alpha value is -1.04. The minimum atomic E-state index is -0.592. The summed E-state index contributed by atoms with van der Waals surface area (Å²) in [6, 6.07) is 3.02. The van der Waals surface area contributed by atoms with Crippen molar-refractivity contribution < 1.29 is 13.5 Å². The fourth-order valence-corrected chi connectivity index (χ4v) is 1.78. The Kier molecular flexibility index (Phi) is 6.18. The Labute approximate surface area is 107 Å². The molecule has 5 heteroatoms. The van der Waals surface area contributed by atoms with Crippen LogP contribution in [0, 0.1) is 11.6 Å². The maximum Gasteiger partial charge on any atom is 0.130 e. The van der Waals surface area contributed by atoms with Crippen LogP contribution in [0.1, 0.15) is 18.5 Å². The SMILES string of the molecule is CCN(CCOC)CC(N)c1ccc(F)cc1F. The molecule has 0 aliphatic carbocycles. The third-order valence-corrected chi connectivity index (χ3v) is 2.88. The lowest BCUT2D eigenvalue weighted by atomic mass is 10.1. The van der Waals surface area contributed by atoms with Gasteiger partial charge in [-0.15, -0.1) is 0 Å². The summed E-state index contributed by atoms with van der Waals surface area (Å²) in [7, 11) is 1.63. The van der Waals surface area contributed by atoms with Crippen LogP contribution in [0.3, 0.4) is 0 Å². The second-order valence-electron chi connectivity index (χ2n) is 4.16. The molecule has 102 valence electrons. The number of benzene rings is 1. The smallest absolute Gasteiger partial charge is 0.130 e. The summed E-state index contributed by atoms with van der Waals surface area (Å²) >= 11 is 0. The highest BCUT2D eigenvalue weighted by atomic mass is 19.1. The number of hydrogen-bond acceptors (Lipinski definition) is 3. The van der Waals surface area contributed by atoms with Gasteiger partial charge in [-0.25, -0.2) is 8.78 Å². The van der Waals surface area contributed by atoms with Crippen molar-refractivity contribution in [1.82, 2.24) is 4.90 Å². The van der Waals surface area contributed by atoms with E-state index >= 15 is 0 Å². The largest absolute Gasteiger partial charge is 0.383 e. The number of ether oxygens (including phenoxy) is 1. The summed E-state index contributed by atoms with van der Waals surface area (Å²) < 4.78 is 31.3. The molecule has 0 heterocycles. The molecule has 0 saturated carbocycles. The zero-order valence-corrected chi connectivity index (χ0v) is 10.8. The second kappa shape index (κ2) is 7.41. The van der Waals surface area contributed by atoms with Crippen molar-refractivity contribution >= 4 is 0 Å². The Bertz CT molecular complexity index is 374. The van der Waals surface area contributed by atoms with Crippen molar-refractivity contribution in [1.29, 1.82) is 0 Å². The molecule has 0 bridgehead atoms. The number of likely N-dealkylation sites (N-methyl/N-ethyl adjacent to an activating group) is 1. The third-order valence-electron chi connectivity index (χ3n) is 2.88. The number of hydrogen-bond donors (Lipinski definition) is 1. The molecule has 3 nitrogen and oxygen atoms in total. The van der Waals surface area contributed by atoms with E-state index in [1.807, 2.05) is 6.92 Å².